The standard InChI is InChI=1S/C11H12OSi/c13-12-8-9-5-6-10-3-1-2-4-11(10)7-9/h1-7H,8H2,13H3. The van der Waals surface area contributed by atoms with E-state index in [4.69, 9.17) is 4.43 Å². The Balaban J connectivity index is 2.49. The predicted octanol–water partition coefficient (Wildman–Crippen LogP) is 1.64. The van der Waals surface area contributed by atoms with Gasteiger partial charge >= 0.3 is 0 Å². The zero-order valence-corrected chi connectivity index (χ0v) is 9.66. The smallest absolute Gasteiger partial charge is 0.146 e. The number of hydrogen-bond acceptors (Lipinski definition) is 1. The summed E-state index contributed by atoms with van der Waals surface area (Å²) in [4.78, 5) is 0. The summed E-state index contributed by atoms with van der Waals surface area (Å²) in [7, 11) is 0.804. The minimum atomic E-state index is 0.747. The summed E-state index contributed by atoms with van der Waals surface area (Å²) >= 11 is 0. The molecule has 1 nitrogen and oxygen atoms in total. The molecular weight excluding hydrogens is 176 g/mol. The molecule has 0 N–H and O–H groups in total. The molecule has 0 heterocycles. The number of benzene rings is 2. The van der Waals surface area contributed by atoms with Crippen LogP contribution in [0, 0.1) is 0 Å². The molecule has 2 aromatic carbocycles. The Morgan fingerprint density at radius 1 is 1.00 bits per heavy atom. The third-order valence-electron chi connectivity index (χ3n) is 2.12. The second-order valence-electron chi connectivity index (χ2n) is 3.11. The molecule has 2 aromatic rings. The summed E-state index contributed by atoms with van der Waals surface area (Å²) in [5.41, 5.74) is 1.26. The van der Waals surface area contributed by atoms with Crippen molar-refractivity contribution in [2.24, 2.45) is 0 Å². The first-order chi connectivity index (χ1) is 6.40. The van der Waals surface area contributed by atoms with Crippen LogP contribution in [0.1, 0.15) is 5.56 Å². The lowest BCUT2D eigenvalue weighted by Crippen LogP contribution is -1.87. The van der Waals surface area contributed by atoms with Gasteiger partial charge in [0.2, 0.25) is 0 Å². The van der Waals surface area contributed by atoms with E-state index < -0.39 is 0 Å². The minimum Gasteiger partial charge on any atom is -0.424 e. The van der Waals surface area contributed by atoms with Crippen molar-refractivity contribution < 1.29 is 4.43 Å². The van der Waals surface area contributed by atoms with E-state index in [1.54, 1.807) is 0 Å². The molecule has 13 heavy (non-hydrogen) atoms. The highest BCUT2D eigenvalue weighted by molar-refractivity contribution is 5.97. The molecule has 0 fully saturated rings. The molecular formula is C11H12OSi. The van der Waals surface area contributed by atoms with Gasteiger partial charge in [-0.05, 0) is 22.4 Å². The Morgan fingerprint density at radius 3 is 2.54 bits per heavy atom. The van der Waals surface area contributed by atoms with E-state index in [-0.39, 0.29) is 0 Å². The third kappa shape index (κ3) is 1.79. The molecule has 0 radical (unpaired) electrons. The largest absolute Gasteiger partial charge is 0.424 e. The normalized spacial score (nSPS) is 10.8. The highest BCUT2D eigenvalue weighted by Gasteiger charge is 1.94. The molecule has 0 aliphatic rings. The fourth-order valence-corrected chi connectivity index (χ4v) is 1.83. The van der Waals surface area contributed by atoms with Crippen LogP contribution in [0.3, 0.4) is 0 Å². The molecule has 0 saturated heterocycles. The molecule has 0 aliphatic heterocycles. The molecule has 0 aromatic heterocycles. The van der Waals surface area contributed by atoms with Crippen LogP contribution in [-0.4, -0.2) is 10.5 Å². The minimum absolute atomic E-state index is 0.747. The van der Waals surface area contributed by atoms with Crippen molar-refractivity contribution in [3.05, 3.63) is 48.0 Å². The van der Waals surface area contributed by atoms with Gasteiger partial charge in [0.05, 0.1) is 6.61 Å². The van der Waals surface area contributed by atoms with E-state index in [1.165, 1.54) is 16.3 Å². The van der Waals surface area contributed by atoms with Crippen LogP contribution in [0.5, 0.6) is 0 Å². The maximum atomic E-state index is 5.22. The molecule has 0 unspecified atom stereocenters. The molecule has 2 rings (SSSR count). The monoisotopic (exact) mass is 188 g/mol. The number of rotatable bonds is 2. The van der Waals surface area contributed by atoms with Crippen molar-refractivity contribution in [1.82, 2.24) is 0 Å². The van der Waals surface area contributed by atoms with Crippen LogP contribution in [0.4, 0.5) is 0 Å². The summed E-state index contributed by atoms with van der Waals surface area (Å²) in [5, 5.41) is 2.58. The Labute approximate surface area is 80.9 Å². The number of hydrogen-bond donors (Lipinski definition) is 0. The van der Waals surface area contributed by atoms with Crippen molar-refractivity contribution in [1.29, 1.82) is 0 Å². The van der Waals surface area contributed by atoms with Gasteiger partial charge in [-0.15, -0.1) is 0 Å². The Morgan fingerprint density at radius 2 is 1.77 bits per heavy atom. The summed E-state index contributed by atoms with van der Waals surface area (Å²) in [6, 6.07) is 14.8. The molecule has 2 heteroatoms. The Bertz CT molecular complexity index is 412. The lowest BCUT2D eigenvalue weighted by molar-refractivity contribution is 0.338. The average molecular weight is 188 g/mol. The summed E-state index contributed by atoms with van der Waals surface area (Å²) in [5.74, 6) is 0. The van der Waals surface area contributed by atoms with Gasteiger partial charge in [-0.25, -0.2) is 0 Å². The van der Waals surface area contributed by atoms with Crippen LogP contribution in [0.15, 0.2) is 42.5 Å². The quantitative estimate of drug-likeness (QED) is 0.651. The zero-order chi connectivity index (χ0) is 9.10. The van der Waals surface area contributed by atoms with Crippen LogP contribution >= 0.6 is 0 Å². The summed E-state index contributed by atoms with van der Waals surface area (Å²) < 4.78 is 5.22. The highest BCUT2D eigenvalue weighted by atomic mass is 28.2. The lowest BCUT2D eigenvalue weighted by atomic mass is 10.1. The number of fused-ring (bicyclic) bond motifs is 1. The molecule has 0 saturated carbocycles. The van der Waals surface area contributed by atoms with Gasteiger partial charge in [0.25, 0.3) is 0 Å². The van der Waals surface area contributed by atoms with E-state index in [9.17, 15) is 0 Å². The fourth-order valence-electron chi connectivity index (χ4n) is 1.50. The average Bonchev–Trinajstić information content (AvgIpc) is 2.18. The first-order valence-electron chi connectivity index (χ1n) is 4.37. The second-order valence-corrected chi connectivity index (χ2v) is 3.69. The molecule has 0 spiro atoms. The van der Waals surface area contributed by atoms with Gasteiger partial charge in [0, 0.05) is 0 Å². The van der Waals surface area contributed by atoms with Crippen molar-refractivity contribution in [2.45, 2.75) is 6.61 Å². The van der Waals surface area contributed by atoms with E-state index in [0.717, 1.165) is 17.1 Å². The fraction of sp³-hybridized carbons (Fsp3) is 0.0909. The van der Waals surface area contributed by atoms with Crippen LogP contribution < -0.4 is 0 Å². The molecule has 0 atom stereocenters. The van der Waals surface area contributed by atoms with Crippen LogP contribution in [0.2, 0.25) is 0 Å². The molecule has 0 bridgehead atoms. The highest BCUT2D eigenvalue weighted by Crippen LogP contribution is 2.15. The van der Waals surface area contributed by atoms with Crippen molar-refractivity contribution >= 4 is 21.3 Å². The van der Waals surface area contributed by atoms with Crippen LogP contribution in [0.25, 0.3) is 10.8 Å². The van der Waals surface area contributed by atoms with E-state index >= 15 is 0 Å². The van der Waals surface area contributed by atoms with Gasteiger partial charge < -0.3 is 4.43 Å². The van der Waals surface area contributed by atoms with Gasteiger partial charge in [0.1, 0.15) is 10.5 Å². The van der Waals surface area contributed by atoms with Gasteiger partial charge in [-0.1, -0.05) is 36.4 Å². The molecule has 66 valence electrons. The molecule has 0 amide bonds. The van der Waals surface area contributed by atoms with Crippen molar-refractivity contribution in [3.8, 4) is 0 Å². The summed E-state index contributed by atoms with van der Waals surface area (Å²) in [6.45, 7) is 0.747. The van der Waals surface area contributed by atoms with E-state index in [0.29, 0.717) is 0 Å². The third-order valence-corrected chi connectivity index (χ3v) is 2.41. The first-order valence-corrected chi connectivity index (χ1v) is 5.18. The maximum absolute atomic E-state index is 5.22. The first kappa shape index (κ1) is 8.47. The zero-order valence-electron chi connectivity index (χ0n) is 7.66. The topological polar surface area (TPSA) is 9.23 Å². The maximum Gasteiger partial charge on any atom is 0.146 e. The van der Waals surface area contributed by atoms with Crippen molar-refractivity contribution in [3.63, 3.8) is 0 Å². The SMILES string of the molecule is [SiH3]OCc1ccc2ccccc2c1. The van der Waals surface area contributed by atoms with Crippen molar-refractivity contribution in [2.75, 3.05) is 0 Å². The lowest BCUT2D eigenvalue weighted by Gasteiger charge is -2.02. The Kier molecular flexibility index (Phi) is 2.43. The molecule has 0 aliphatic carbocycles. The second kappa shape index (κ2) is 3.73. The van der Waals surface area contributed by atoms with Gasteiger partial charge in [0.15, 0.2) is 0 Å². The van der Waals surface area contributed by atoms with E-state index in [2.05, 4.69) is 42.5 Å². The van der Waals surface area contributed by atoms with Gasteiger partial charge in [-0.3, -0.25) is 0 Å². The predicted molar refractivity (Wildman–Crippen MR) is 58.7 cm³/mol. The Hall–Kier alpha value is -1.12. The summed E-state index contributed by atoms with van der Waals surface area (Å²) in [6.07, 6.45) is 0. The van der Waals surface area contributed by atoms with Crippen LogP contribution in [-0.2, 0) is 11.0 Å². The van der Waals surface area contributed by atoms with E-state index in [1.807, 2.05) is 0 Å². The van der Waals surface area contributed by atoms with Gasteiger partial charge in [-0.2, -0.15) is 0 Å².